The minimum atomic E-state index is -0.659. The number of carbonyl (C=O) groups excluding carboxylic acids is 3. The number of anilines is 1. The first kappa shape index (κ1) is 19.9. The summed E-state index contributed by atoms with van der Waals surface area (Å²) in [6, 6.07) is 13.1. The van der Waals surface area contributed by atoms with Crippen LogP contribution in [0.2, 0.25) is 5.02 Å². The molecular formula is C21H22ClN3O3. The van der Waals surface area contributed by atoms with E-state index in [1.807, 2.05) is 32.0 Å². The third kappa shape index (κ3) is 4.02. The number of hydrogen-bond acceptors (Lipinski definition) is 3. The Kier molecular flexibility index (Phi) is 5.70. The Morgan fingerprint density at radius 2 is 1.86 bits per heavy atom. The molecule has 1 saturated heterocycles. The van der Waals surface area contributed by atoms with Crippen molar-refractivity contribution in [1.29, 1.82) is 0 Å². The molecule has 1 aliphatic rings. The maximum absolute atomic E-state index is 12.8. The topological polar surface area (TPSA) is 69.7 Å². The molecule has 4 amide bonds. The predicted octanol–water partition coefficient (Wildman–Crippen LogP) is 3.68. The number of benzene rings is 2. The van der Waals surface area contributed by atoms with Gasteiger partial charge in [0.2, 0.25) is 5.91 Å². The van der Waals surface area contributed by atoms with Crippen molar-refractivity contribution in [2.75, 3.05) is 11.4 Å². The van der Waals surface area contributed by atoms with Gasteiger partial charge in [-0.1, -0.05) is 41.4 Å². The van der Waals surface area contributed by atoms with Gasteiger partial charge >= 0.3 is 6.03 Å². The molecular weight excluding hydrogens is 378 g/mol. The molecule has 0 radical (unpaired) electrons. The summed E-state index contributed by atoms with van der Waals surface area (Å²) in [5.74, 6) is -0.803. The summed E-state index contributed by atoms with van der Waals surface area (Å²) in [5.41, 5.74) is 2.53. The Morgan fingerprint density at radius 3 is 2.50 bits per heavy atom. The highest BCUT2D eigenvalue weighted by atomic mass is 35.5. The van der Waals surface area contributed by atoms with E-state index >= 15 is 0 Å². The highest BCUT2D eigenvalue weighted by Crippen LogP contribution is 2.26. The Balaban J connectivity index is 1.69. The van der Waals surface area contributed by atoms with Crippen molar-refractivity contribution in [2.45, 2.75) is 32.9 Å². The minimum Gasteiger partial charge on any atom is -0.348 e. The summed E-state index contributed by atoms with van der Waals surface area (Å²) >= 11 is 5.99. The molecule has 0 spiro atoms. The van der Waals surface area contributed by atoms with Crippen LogP contribution in [0.25, 0.3) is 0 Å². The number of imide groups is 1. The lowest BCUT2D eigenvalue weighted by atomic mass is 10.1. The van der Waals surface area contributed by atoms with Gasteiger partial charge in [0, 0.05) is 10.7 Å². The highest BCUT2D eigenvalue weighted by Gasteiger charge is 2.44. The second kappa shape index (κ2) is 8.02. The van der Waals surface area contributed by atoms with Gasteiger partial charge in [0.15, 0.2) is 0 Å². The van der Waals surface area contributed by atoms with Crippen LogP contribution < -0.4 is 10.2 Å². The molecule has 1 aliphatic heterocycles. The van der Waals surface area contributed by atoms with Crippen LogP contribution >= 0.6 is 11.6 Å². The average Bonchev–Trinajstić information content (AvgIpc) is 2.86. The lowest BCUT2D eigenvalue weighted by Crippen LogP contribution is -2.42. The van der Waals surface area contributed by atoms with Crippen LogP contribution in [0, 0.1) is 6.92 Å². The van der Waals surface area contributed by atoms with Gasteiger partial charge in [-0.15, -0.1) is 0 Å². The van der Waals surface area contributed by atoms with E-state index in [0.29, 0.717) is 10.7 Å². The molecule has 2 unspecified atom stereocenters. The third-order valence-electron chi connectivity index (χ3n) is 4.79. The van der Waals surface area contributed by atoms with E-state index in [9.17, 15) is 14.4 Å². The quantitative estimate of drug-likeness (QED) is 0.779. The second-order valence-corrected chi connectivity index (χ2v) is 7.37. The molecule has 0 aromatic heterocycles. The van der Waals surface area contributed by atoms with Gasteiger partial charge < -0.3 is 5.32 Å². The normalized spacial score (nSPS) is 17.8. The third-order valence-corrected chi connectivity index (χ3v) is 5.02. The molecule has 1 fully saturated rings. The van der Waals surface area contributed by atoms with Crippen LogP contribution in [0.1, 0.15) is 31.0 Å². The maximum Gasteiger partial charge on any atom is 0.332 e. The lowest BCUT2D eigenvalue weighted by molar-refractivity contribution is -0.132. The smallest absolute Gasteiger partial charge is 0.332 e. The fourth-order valence-corrected chi connectivity index (χ4v) is 3.40. The van der Waals surface area contributed by atoms with E-state index in [-0.39, 0.29) is 12.6 Å². The zero-order chi connectivity index (χ0) is 20.4. The first-order chi connectivity index (χ1) is 13.3. The molecule has 2 aromatic carbocycles. The van der Waals surface area contributed by atoms with Crippen molar-refractivity contribution in [3.05, 3.63) is 64.7 Å². The standard InChI is InChI=1S/C21H22ClN3O3/c1-13-7-9-18(10-8-13)25-15(3)20(27)24(21(25)28)12-19(26)23-14(2)16-5-4-6-17(22)11-16/h4-11,14-15H,12H2,1-3H3,(H,23,26). The number of amides is 4. The number of rotatable bonds is 5. The Bertz CT molecular complexity index is 913. The molecule has 0 saturated carbocycles. The van der Waals surface area contributed by atoms with Crippen LogP contribution in [0.15, 0.2) is 48.5 Å². The summed E-state index contributed by atoms with van der Waals surface area (Å²) in [6.07, 6.45) is 0. The molecule has 146 valence electrons. The molecule has 2 atom stereocenters. The minimum absolute atomic E-state index is 0.301. The second-order valence-electron chi connectivity index (χ2n) is 6.93. The van der Waals surface area contributed by atoms with Crippen LogP contribution in [0.3, 0.4) is 0 Å². The summed E-state index contributed by atoms with van der Waals surface area (Å²) in [7, 11) is 0. The monoisotopic (exact) mass is 399 g/mol. The van der Waals surface area contributed by atoms with Gasteiger partial charge in [-0.25, -0.2) is 4.79 Å². The van der Waals surface area contributed by atoms with Crippen molar-refractivity contribution < 1.29 is 14.4 Å². The molecule has 0 aliphatic carbocycles. The van der Waals surface area contributed by atoms with E-state index in [1.54, 1.807) is 37.3 Å². The number of hydrogen-bond donors (Lipinski definition) is 1. The predicted molar refractivity (Wildman–Crippen MR) is 108 cm³/mol. The van der Waals surface area contributed by atoms with E-state index in [4.69, 9.17) is 11.6 Å². The fourth-order valence-electron chi connectivity index (χ4n) is 3.20. The van der Waals surface area contributed by atoms with Crippen molar-refractivity contribution >= 4 is 35.1 Å². The maximum atomic E-state index is 12.8. The number of carbonyl (C=O) groups is 3. The molecule has 1 heterocycles. The number of aryl methyl sites for hydroxylation is 1. The first-order valence-electron chi connectivity index (χ1n) is 9.04. The summed E-state index contributed by atoms with van der Waals surface area (Å²) in [5, 5.41) is 3.38. The molecule has 1 N–H and O–H groups in total. The number of halogens is 1. The van der Waals surface area contributed by atoms with Crippen LogP contribution in [0.5, 0.6) is 0 Å². The van der Waals surface area contributed by atoms with E-state index in [2.05, 4.69) is 5.32 Å². The zero-order valence-corrected chi connectivity index (χ0v) is 16.7. The first-order valence-corrected chi connectivity index (χ1v) is 9.42. The molecule has 28 heavy (non-hydrogen) atoms. The zero-order valence-electron chi connectivity index (χ0n) is 16.0. The van der Waals surface area contributed by atoms with Crippen molar-refractivity contribution in [3.8, 4) is 0 Å². The van der Waals surface area contributed by atoms with E-state index in [0.717, 1.165) is 16.0 Å². The van der Waals surface area contributed by atoms with Gasteiger partial charge in [0.05, 0.1) is 6.04 Å². The van der Waals surface area contributed by atoms with Gasteiger partial charge in [-0.2, -0.15) is 0 Å². The SMILES string of the molecule is Cc1ccc(N2C(=O)N(CC(=O)NC(C)c3cccc(Cl)c3)C(=O)C2C)cc1. The number of nitrogens with zero attached hydrogens (tertiary/aromatic N) is 2. The van der Waals surface area contributed by atoms with E-state index < -0.39 is 23.9 Å². The molecule has 0 bridgehead atoms. The number of urea groups is 1. The Morgan fingerprint density at radius 1 is 1.18 bits per heavy atom. The Labute approximate surface area is 169 Å². The van der Waals surface area contributed by atoms with Crippen LogP contribution in [-0.2, 0) is 9.59 Å². The fraction of sp³-hybridized carbons (Fsp3) is 0.286. The van der Waals surface area contributed by atoms with Crippen molar-refractivity contribution in [1.82, 2.24) is 10.2 Å². The molecule has 3 rings (SSSR count). The largest absolute Gasteiger partial charge is 0.348 e. The van der Waals surface area contributed by atoms with Gasteiger partial charge in [-0.3, -0.25) is 19.4 Å². The number of nitrogens with one attached hydrogen (secondary N) is 1. The van der Waals surface area contributed by atoms with Gasteiger partial charge in [0.25, 0.3) is 5.91 Å². The summed E-state index contributed by atoms with van der Waals surface area (Å²) in [6.45, 7) is 5.10. The molecule has 2 aromatic rings. The average molecular weight is 400 g/mol. The molecule has 7 heteroatoms. The van der Waals surface area contributed by atoms with Crippen LogP contribution in [-0.4, -0.2) is 35.3 Å². The van der Waals surface area contributed by atoms with Gasteiger partial charge in [-0.05, 0) is 50.6 Å². The van der Waals surface area contributed by atoms with Crippen molar-refractivity contribution in [2.24, 2.45) is 0 Å². The van der Waals surface area contributed by atoms with Crippen molar-refractivity contribution in [3.63, 3.8) is 0 Å². The van der Waals surface area contributed by atoms with E-state index in [1.165, 1.54) is 4.90 Å². The molecule has 6 nitrogen and oxygen atoms in total. The summed E-state index contributed by atoms with van der Waals surface area (Å²) in [4.78, 5) is 40.2. The Hall–Kier alpha value is -2.86. The van der Waals surface area contributed by atoms with Gasteiger partial charge in [0.1, 0.15) is 12.6 Å². The lowest BCUT2D eigenvalue weighted by Gasteiger charge is -2.20. The summed E-state index contributed by atoms with van der Waals surface area (Å²) < 4.78 is 0. The van der Waals surface area contributed by atoms with Crippen LogP contribution in [0.4, 0.5) is 10.5 Å². The highest BCUT2D eigenvalue weighted by molar-refractivity contribution is 6.30.